The summed E-state index contributed by atoms with van der Waals surface area (Å²) in [7, 11) is 3.08. The van der Waals surface area contributed by atoms with Gasteiger partial charge in [-0.15, -0.1) is 0 Å². The predicted molar refractivity (Wildman–Crippen MR) is 112 cm³/mol. The molecule has 2 aromatic carbocycles. The first-order valence-electron chi connectivity index (χ1n) is 9.13. The van der Waals surface area contributed by atoms with E-state index in [2.05, 4.69) is 15.6 Å². The number of ether oxygens (including phenoxy) is 3. The summed E-state index contributed by atoms with van der Waals surface area (Å²) < 4.78 is 21.1. The second kappa shape index (κ2) is 9.04. The molecule has 1 atom stereocenters. The maximum Gasteiger partial charge on any atom is 0.266 e. The number of aryl methyl sites for hydroxylation is 2. The minimum absolute atomic E-state index is 0.172. The van der Waals surface area contributed by atoms with Gasteiger partial charge in [0.15, 0.2) is 23.3 Å². The molecule has 8 nitrogen and oxygen atoms in total. The number of nitrogens with one attached hydrogen (secondary N) is 1. The Morgan fingerprint density at radius 2 is 1.73 bits per heavy atom. The van der Waals surface area contributed by atoms with Crippen LogP contribution in [0.4, 0.5) is 5.82 Å². The van der Waals surface area contributed by atoms with Crippen molar-refractivity contribution in [1.82, 2.24) is 10.3 Å². The Morgan fingerprint density at radius 1 is 1.07 bits per heavy atom. The summed E-state index contributed by atoms with van der Waals surface area (Å²) in [4.78, 5) is 12.6. The normalized spacial score (nSPS) is 11.7. The number of methoxy groups -OCH3 is 2. The van der Waals surface area contributed by atoms with Crippen LogP contribution in [0.2, 0.25) is 5.02 Å². The summed E-state index contributed by atoms with van der Waals surface area (Å²) in [5.41, 5.74) is 2.74. The van der Waals surface area contributed by atoms with Crippen LogP contribution < -0.4 is 19.5 Å². The minimum atomic E-state index is -0.792. The molecule has 0 bridgehead atoms. The van der Waals surface area contributed by atoms with E-state index in [4.69, 9.17) is 30.4 Å². The number of aromatic nitrogens is 2. The van der Waals surface area contributed by atoms with Gasteiger partial charge in [-0.2, -0.15) is 0 Å². The van der Waals surface area contributed by atoms with Crippen molar-refractivity contribution in [3.05, 3.63) is 46.5 Å². The molecular weight excluding hydrogens is 410 g/mol. The minimum Gasteiger partial charge on any atom is -0.493 e. The van der Waals surface area contributed by atoms with Crippen molar-refractivity contribution in [3.63, 3.8) is 0 Å². The predicted octanol–water partition coefficient (Wildman–Crippen LogP) is 4.43. The molecule has 0 radical (unpaired) electrons. The van der Waals surface area contributed by atoms with E-state index in [1.807, 2.05) is 13.8 Å². The van der Waals surface area contributed by atoms with Gasteiger partial charge in [0.2, 0.25) is 5.82 Å². The number of nitrogens with zero attached hydrogens (tertiary/aromatic N) is 2. The Hall–Kier alpha value is -3.26. The molecule has 158 valence electrons. The zero-order chi connectivity index (χ0) is 21.8. The Labute approximate surface area is 179 Å². The van der Waals surface area contributed by atoms with E-state index in [1.54, 1.807) is 44.4 Å². The standard InChI is InChI=1S/C21H22ClN3O5/c1-11-8-15(9-12(2)18(11)22)29-13(3)21(26)23-20-19(24-30-25-20)14-6-7-16(27-4)17(10-14)28-5/h6-10,13H,1-5H3,(H,23,25,26)/t13-/m1/s1. The van der Waals surface area contributed by atoms with E-state index < -0.39 is 12.0 Å². The average Bonchev–Trinajstić information content (AvgIpc) is 3.19. The molecule has 0 saturated heterocycles. The van der Waals surface area contributed by atoms with Gasteiger partial charge in [-0.05, 0) is 72.5 Å². The van der Waals surface area contributed by atoms with E-state index in [-0.39, 0.29) is 5.82 Å². The van der Waals surface area contributed by atoms with Gasteiger partial charge < -0.3 is 19.5 Å². The lowest BCUT2D eigenvalue weighted by molar-refractivity contribution is -0.122. The first kappa shape index (κ1) is 21.4. The highest BCUT2D eigenvalue weighted by Crippen LogP contribution is 2.34. The van der Waals surface area contributed by atoms with E-state index in [9.17, 15) is 4.79 Å². The number of carbonyl (C=O) groups excluding carboxylic acids is 1. The van der Waals surface area contributed by atoms with E-state index >= 15 is 0 Å². The number of amides is 1. The molecule has 0 aliphatic heterocycles. The van der Waals surface area contributed by atoms with E-state index in [0.717, 1.165) is 11.1 Å². The van der Waals surface area contributed by atoms with Crippen LogP contribution in [0, 0.1) is 13.8 Å². The zero-order valence-electron chi connectivity index (χ0n) is 17.3. The summed E-state index contributed by atoms with van der Waals surface area (Å²) in [5.74, 6) is 1.40. The third-order valence-electron chi connectivity index (χ3n) is 4.48. The molecule has 0 unspecified atom stereocenters. The zero-order valence-corrected chi connectivity index (χ0v) is 18.0. The highest BCUT2D eigenvalue weighted by atomic mass is 35.5. The summed E-state index contributed by atoms with van der Waals surface area (Å²) in [5, 5.41) is 11.1. The lowest BCUT2D eigenvalue weighted by atomic mass is 10.1. The van der Waals surface area contributed by atoms with Gasteiger partial charge in [0, 0.05) is 10.6 Å². The van der Waals surface area contributed by atoms with Crippen molar-refractivity contribution < 1.29 is 23.6 Å². The Bertz CT molecular complexity index is 1040. The van der Waals surface area contributed by atoms with Gasteiger partial charge in [-0.3, -0.25) is 4.79 Å². The lowest BCUT2D eigenvalue weighted by Crippen LogP contribution is -2.30. The molecule has 1 aromatic heterocycles. The van der Waals surface area contributed by atoms with Crippen LogP contribution in [-0.4, -0.2) is 36.5 Å². The van der Waals surface area contributed by atoms with Gasteiger partial charge in [0.25, 0.3) is 5.91 Å². The molecule has 3 aromatic rings. The summed E-state index contributed by atoms with van der Waals surface area (Å²) >= 11 is 6.18. The summed E-state index contributed by atoms with van der Waals surface area (Å²) in [6.45, 7) is 5.39. The van der Waals surface area contributed by atoms with Crippen LogP contribution >= 0.6 is 11.6 Å². The van der Waals surface area contributed by atoms with Crippen LogP contribution in [0.5, 0.6) is 17.2 Å². The quantitative estimate of drug-likeness (QED) is 0.591. The van der Waals surface area contributed by atoms with E-state index in [0.29, 0.717) is 33.5 Å². The number of halogens is 1. The third kappa shape index (κ3) is 4.49. The van der Waals surface area contributed by atoms with Gasteiger partial charge >= 0.3 is 0 Å². The average molecular weight is 432 g/mol. The maximum atomic E-state index is 12.6. The van der Waals surface area contributed by atoms with Crippen molar-refractivity contribution in [2.75, 3.05) is 19.5 Å². The van der Waals surface area contributed by atoms with Gasteiger partial charge in [0.1, 0.15) is 5.75 Å². The monoisotopic (exact) mass is 431 g/mol. The molecule has 3 rings (SSSR count). The Kier molecular flexibility index (Phi) is 6.47. The molecule has 0 saturated carbocycles. The molecule has 0 aliphatic carbocycles. The molecule has 0 fully saturated rings. The highest BCUT2D eigenvalue weighted by molar-refractivity contribution is 6.32. The Morgan fingerprint density at radius 3 is 2.37 bits per heavy atom. The number of hydrogen-bond donors (Lipinski definition) is 1. The van der Waals surface area contributed by atoms with Crippen molar-refractivity contribution in [2.24, 2.45) is 0 Å². The highest BCUT2D eigenvalue weighted by Gasteiger charge is 2.21. The summed E-state index contributed by atoms with van der Waals surface area (Å²) in [6, 6.07) is 8.77. The molecular formula is C21H22ClN3O5. The fourth-order valence-corrected chi connectivity index (χ4v) is 3.00. The fourth-order valence-electron chi connectivity index (χ4n) is 2.89. The summed E-state index contributed by atoms with van der Waals surface area (Å²) in [6.07, 6.45) is -0.792. The van der Waals surface area contributed by atoms with Gasteiger partial charge in [-0.25, -0.2) is 4.63 Å². The third-order valence-corrected chi connectivity index (χ3v) is 5.08. The SMILES string of the molecule is COc1ccc(-c2nonc2NC(=O)[C@@H](C)Oc2cc(C)c(Cl)c(C)c2)cc1OC. The van der Waals surface area contributed by atoms with E-state index in [1.165, 1.54) is 7.11 Å². The number of carbonyl (C=O) groups is 1. The van der Waals surface area contributed by atoms with Crippen LogP contribution in [0.25, 0.3) is 11.3 Å². The largest absolute Gasteiger partial charge is 0.493 e. The second-order valence-electron chi connectivity index (χ2n) is 6.65. The van der Waals surface area contributed by atoms with Crippen molar-refractivity contribution in [3.8, 4) is 28.5 Å². The van der Waals surface area contributed by atoms with Gasteiger partial charge in [0.05, 0.1) is 14.2 Å². The molecule has 1 amide bonds. The molecule has 1 N–H and O–H groups in total. The number of benzene rings is 2. The first-order valence-corrected chi connectivity index (χ1v) is 9.51. The molecule has 0 aliphatic rings. The molecule has 0 spiro atoms. The molecule has 9 heteroatoms. The topological polar surface area (TPSA) is 95.7 Å². The number of hydrogen-bond acceptors (Lipinski definition) is 7. The van der Waals surface area contributed by atoms with Crippen LogP contribution in [0.3, 0.4) is 0 Å². The smallest absolute Gasteiger partial charge is 0.266 e. The second-order valence-corrected chi connectivity index (χ2v) is 7.03. The number of anilines is 1. The van der Waals surface area contributed by atoms with Crippen molar-refractivity contribution in [2.45, 2.75) is 26.9 Å². The van der Waals surface area contributed by atoms with Gasteiger partial charge in [-0.1, -0.05) is 11.6 Å². The number of rotatable bonds is 7. The molecule has 30 heavy (non-hydrogen) atoms. The molecule has 1 heterocycles. The lowest BCUT2D eigenvalue weighted by Gasteiger charge is -2.15. The maximum absolute atomic E-state index is 12.6. The fraction of sp³-hybridized carbons (Fsp3) is 0.286. The van der Waals surface area contributed by atoms with Crippen LogP contribution in [0.15, 0.2) is 35.0 Å². The van der Waals surface area contributed by atoms with Crippen LogP contribution in [-0.2, 0) is 4.79 Å². The van der Waals surface area contributed by atoms with Crippen molar-refractivity contribution >= 4 is 23.3 Å². The Balaban J connectivity index is 1.76. The van der Waals surface area contributed by atoms with Crippen LogP contribution in [0.1, 0.15) is 18.1 Å². The van der Waals surface area contributed by atoms with Crippen molar-refractivity contribution in [1.29, 1.82) is 0 Å². The first-order chi connectivity index (χ1) is 14.3.